The maximum atomic E-state index is 3.84. The van der Waals surface area contributed by atoms with Crippen LogP contribution in [0.25, 0.3) is 0 Å². The Morgan fingerprint density at radius 1 is 1.21 bits per heavy atom. The zero-order valence-corrected chi connectivity index (χ0v) is 13.7. The van der Waals surface area contributed by atoms with E-state index < -0.39 is 0 Å². The van der Waals surface area contributed by atoms with Crippen LogP contribution in [0.1, 0.15) is 66.7 Å². The van der Waals surface area contributed by atoms with E-state index in [0.29, 0.717) is 17.5 Å². The van der Waals surface area contributed by atoms with E-state index in [-0.39, 0.29) is 0 Å². The first-order valence-corrected chi connectivity index (χ1v) is 8.42. The summed E-state index contributed by atoms with van der Waals surface area (Å²) >= 11 is 0. The summed E-state index contributed by atoms with van der Waals surface area (Å²) in [5.74, 6) is 0.796. The SMILES string of the molecule is CCC(C)C1CN(C2CCCC2)C(C(C)(C)C)CN1. The number of piperazine rings is 1. The third-order valence-electron chi connectivity index (χ3n) is 5.51. The largest absolute Gasteiger partial charge is 0.311 e. The van der Waals surface area contributed by atoms with Crippen LogP contribution in [0.15, 0.2) is 0 Å². The summed E-state index contributed by atoms with van der Waals surface area (Å²) in [6, 6.07) is 2.26. The number of hydrogen-bond donors (Lipinski definition) is 1. The van der Waals surface area contributed by atoms with Gasteiger partial charge in [-0.1, -0.05) is 53.9 Å². The van der Waals surface area contributed by atoms with Crippen LogP contribution in [-0.2, 0) is 0 Å². The monoisotopic (exact) mass is 266 g/mol. The standard InChI is InChI=1S/C17H34N2/c1-6-13(2)15-12-19(14-9-7-8-10-14)16(11-18-15)17(3,4)5/h13-16,18H,6-12H2,1-5H3. The van der Waals surface area contributed by atoms with Crippen LogP contribution in [-0.4, -0.2) is 36.1 Å². The predicted molar refractivity (Wildman–Crippen MR) is 83.5 cm³/mol. The number of rotatable bonds is 3. The van der Waals surface area contributed by atoms with E-state index in [2.05, 4.69) is 44.8 Å². The fourth-order valence-electron chi connectivity index (χ4n) is 3.91. The number of nitrogens with zero attached hydrogens (tertiary/aromatic N) is 1. The van der Waals surface area contributed by atoms with Crippen molar-refractivity contribution >= 4 is 0 Å². The second-order valence-corrected chi connectivity index (χ2v) is 7.92. The summed E-state index contributed by atoms with van der Waals surface area (Å²) in [4.78, 5) is 2.88. The van der Waals surface area contributed by atoms with Crippen molar-refractivity contribution in [2.45, 2.75) is 84.8 Å². The van der Waals surface area contributed by atoms with Crippen molar-refractivity contribution in [2.75, 3.05) is 13.1 Å². The molecule has 2 nitrogen and oxygen atoms in total. The first-order chi connectivity index (χ1) is 8.93. The topological polar surface area (TPSA) is 15.3 Å². The fraction of sp³-hybridized carbons (Fsp3) is 1.00. The molecule has 2 aliphatic rings. The van der Waals surface area contributed by atoms with Crippen molar-refractivity contribution < 1.29 is 0 Å². The van der Waals surface area contributed by atoms with Crippen LogP contribution in [0.5, 0.6) is 0 Å². The molecule has 1 aliphatic heterocycles. The average molecular weight is 266 g/mol. The Morgan fingerprint density at radius 2 is 1.84 bits per heavy atom. The second kappa shape index (κ2) is 6.13. The average Bonchev–Trinajstić information content (AvgIpc) is 2.89. The van der Waals surface area contributed by atoms with Gasteiger partial charge in [0.1, 0.15) is 0 Å². The van der Waals surface area contributed by atoms with Gasteiger partial charge < -0.3 is 5.32 Å². The molecule has 2 fully saturated rings. The molecular formula is C17H34N2. The highest BCUT2D eigenvalue weighted by molar-refractivity contribution is 4.97. The predicted octanol–water partition coefficient (Wildman–Crippen LogP) is 3.66. The molecule has 2 rings (SSSR count). The molecule has 0 amide bonds. The van der Waals surface area contributed by atoms with E-state index in [0.717, 1.165) is 12.0 Å². The van der Waals surface area contributed by atoms with Gasteiger partial charge in [-0.3, -0.25) is 4.90 Å². The Bertz CT molecular complexity index is 275. The van der Waals surface area contributed by atoms with Crippen LogP contribution in [0.4, 0.5) is 0 Å². The van der Waals surface area contributed by atoms with Crippen LogP contribution in [0.2, 0.25) is 0 Å². The van der Waals surface area contributed by atoms with E-state index in [1.165, 1.54) is 45.2 Å². The van der Waals surface area contributed by atoms with Crippen molar-refractivity contribution in [2.24, 2.45) is 11.3 Å². The lowest BCUT2D eigenvalue weighted by molar-refractivity contribution is 0.0127. The van der Waals surface area contributed by atoms with Crippen molar-refractivity contribution in [1.29, 1.82) is 0 Å². The summed E-state index contributed by atoms with van der Waals surface area (Å²) < 4.78 is 0. The molecule has 1 saturated carbocycles. The first-order valence-electron chi connectivity index (χ1n) is 8.42. The van der Waals surface area contributed by atoms with Gasteiger partial charge in [-0.25, -0.2) is 0 Å². The molecule has 1 heterocycles. The molecule has 3 atom stereocenters. The summed E-state index contributed by atoms with van der Waals surface area (Å²) in [5.41, 5.74) is 0.385. The van der Waals surface area contributed by atoms with Gasteiger partial charge in [0.25, 0.3) is 0 Å². The molecule has 0 aromatic carbocycles. The lowest BCUT2D eigenvalue weighted by atomic mass is 9.81. The molecule has 0 aromatic rings. The summed E-state index contributed by atoms with van der Waals surface area (Å²) in [7, 11) is 0. The Balaban J connectivity index is 2.09. The van der Waals surface area contributed by atoms with Gasteiger partial charge >= 0.3 is 0 Å². The molecule has 0 spiro atoms. The van der Waals surface area contributed by atoms with Gasteiger partial charge in [0, 0.05) is 31.2 Å². The Kier molecular flexibility index (Phi) is 4.94. The zero-order chi connectivity index (χ0) is 14.0. The molecule has 0 aromatic heterocycles. The third-order valence-corrected chi connectivity index (χ3v) is 5.51. The zero-order valence-electron chi connectivity index (χ0n) is 13.7. The Morgan fingerprint density at radius 3 is 2.37 bits per heavy atom. The van der Waals surface area contributed by atoms with Gasteiger partial charge in [-0.2, -0.15) is 0 Å². The highest BCUT2D eigenvalue weighted by Crippen LogP contribution is 2.34. The molecule has 0 bridgehead atoms. The fourth-order valence-corrected chi connectivity index (χ4v) is 3.91. The molecule has 1 aliphatic carbocycles. The van der Waals surface area contributed by atoms with E-state index in [9.17, 15) is 0 Å². The molecule has 112 valence electrons. The Hall–Kier alpha value is -0.0800. The van der Waals surface area contributed by atoms with E-state index in [1.54, 1.807) is 0 Å². The molecule has 19 heavy (non-hydrogen) atoms. The van der Waals surface area contributed by atoms with Gasteiger partial charge in [-0.15, -0.1) is 0 Å². The summed E-state index contributed by atoms with van der Waals surface area (Å²) in [5, 5.41) is 3.84. The summed E-state index contributed by atoms with van der Waals surface area (Å²) in [6.45, 7) is 14.4. The number of hydrogen-bond acceptors (Lipinski definition) is 2. The van der Waals surface area contributed by atoms with Gasteiger partial charge in [0.05, 0.1) is 0 Å². The van der Waals surface area contributed by atoms with E-state index >= 15 is 0 Å². The smallest absolute Gasteiger partial charge is 0.0272 e. The summed E-state index contributed by atoms with van der Waals surface area (Å²) in [6.07, 6.45) is 7.04. The number of nitrogens with one attached hydrogen (secondary N) is 1. The molecule has 0 radical (unpaired) electrons. The maximum absolute atomic E-state index is 3.84. The van der Waals surface area contributed by atoms with Crippen molar-refractivity contribution in [3.8, 4) is 0 Å². The quantitative estimate of drug-likeness (QED) is 0.838. The minimum atomic E-state index is 0.385. The first kappa shape index (κ1) is 15.3. The minimum Gasteiger partial charge on any atom is -0.311 e. The Labute approximate surface area is 120 Å². The molecular weight excluding hydrogens is 232 g/mol. The lowest BCUT2D eigenvalue weighted by Crippen LogP contribution is -2.64. The van der Waals surface area contributed by atoms with Crippen LogP contribution in [0.3, 0.4) is 0 Å². The lowest BCUT2D eigenvalue weighted by Gasteiger charge is -2.50. The molecule has 1 N–H and O–H groups in total. The van der Waals surface area contributed by atoms with Crippen molar-refractivity contribution in [3.05, 3.63) is 0 Å². The van der Waals surface area contributed by atoms with E-state index in [1.807, 2.05) is 0 Å². The van der Waals surface area contributed by atoms with Crippen LogP contribution < -0.4 is 5.32 Å². The van der Waals surface area contributed by atoms with Crippen LogP contribution in [0, 0.1) is 11.3 Å². The van der Waals surface area contributed by atoms with E-state index in [4.69, 9.17) is 0 Å². The molecule has 2 heteroatoms. The van der Waals surface area contributed by atoms with Crippen molar-refractivity contribution in [1.82, 2.24) is 10.2 Å². The highest BCUT2D eigenvalue weighted by Gasteiger charge is 2.40. The van der Waals surface area contributed by atoms with Gasteiger partial charge in [-0.05, 0) is 24.2 Å². The minimum absolute atomic E-state index is 0.385. The van der Waals surface area contributed by atoms with Crippen molar-refractivity contribution in [3.63, 3.8) is 0 Å². The van der Waals surface area contributed by atoms with Gasteiger partial charge in [0.2, 0.25) is 0 Å². The molecule has 3 unspecified atom stereocenters. The molecule has 1 saturated heterocycles. The normalized spacial score (nSPS) is 32.7. The van der Waals surface area contributed by atoms with Gasteiger partial charge in [0.15, 0.2) is 0 Å². The second-order valence-electron chi connectivity index (χ2n) is 7.92. The van der Waals surface area contributed by atoms with Crippen LogP contribution >= 0.6 is 0 Å². The third kappa shape index (κ3) is 3.52. The highest BCUT2D eigenvalue weighted by atomic mass is 15.3. The maximum Gasteiger partial charge on any atom is 0.0272 e.